The summed E-state index contributed by atoms with van der Waals surface area (Å²) in [5, 5.41) is 0. The van der Waals surface area contributed by atoms with E-state index in [4.69, 9.17) is 9.47 Å². The van der Waals surface area contributed by atoms with Gasteiger partial charge in [-0.1, -0.05) is 6.92 Å². The van der Waals surface area contributed by atoms with Crippen molar-refractivity contribution in [2.75, 3.05) is 19.8 Å². The van der Waals surface area contributed by atoms with E-state index in [1.54, 1.807) is 0 Å². The summed E-state index contributed by atoms with van der Waals surface area (Å²) < 4.78 is 11.2. The van der Waals surface area contributed by atoms with Gasteiger partial charge in [0.2, 0.25) is 0 Å². The van der Waals surface area contributed by atoms with E-state index in [2.05, 4.69) is 25.7 Å². The summed E-state index contributed by atoms with van der Waals surface area (Å²) in [6.45, 7) is 12.4. The van der Waals surface area contributed by atoms with Crippen LogP contribution >= 0.6 is 0 Å². The molecule has 1 fully saturated rings. The number of nitrogens with zero attached hydrogens (tertiary/aromatic N) is 1. The van der Waals surface area contributed by atoms with E-state index >= 15 is 0 Å². The highest BCUT2D eigenvalue weighted by molar-refractivity contribution is 5.93. The highest BCUT2D eigenvalue weighted by atomic mass is 16.5. The average molecular weight is 333 g/mol. The standard InChI is InChI=1S/C20H31NO3/c1-6-10-23-18-12-14(2)19(15(3)13-18)20(22)24-11-9-21-16(4)7-8-17(21)5/h12-13,16-17H,6-11H2,1-5H3. The number of esters is 1. The Morgan fingerprint density at radius 2 is 1.71 bits per heavy atom. The van der Waals surface area contributed by atoms with E-state index in [-0.39, 0.29) is 5.97 Å². The van der Waals surface area contributed by atoms with Crippen LogP contribution in [0.1, 0.15) is 61.5 Å². The number of benzene rings is 1. The Labute approximate surface area is 146 Å². The van der Waals surface area contributed by atoms with Crippen LogP contribution in [-0.2, 0) is 4.74 Å². The van der Waals surface area contributed by atoms with E-state index < -0.39 is 0 Å². The number of hydrogen-bond donors (Lipinski definition) is 0. The van der Waals surface area contributed by atoms with E-state index in [1.165, 1.54) is 12.8 Å². The van der Waals surface area contributed by atoms with Crippen molar-refractivity contribution in [3.8, 4) is 5.75 Å². The molecule has 0 saturated carbocycles. The van der Waals surface area contributed by atoms with Gasteiger partial charge in [-0.15, -0.1) is 0 Å². The van der Waals surface area contributed by atoms with Gasteiger partial charge < -0.3 is 9.47 Å². The second kappa shape index (κ2) is 8.52. The molecule has 1 aromatic rings. The molecule has 2 unspecified atom stereocenters. The molecule has 1 aliphatic rings. The summed E-state index contributed by atoms with van der Waals surface area (Å²) in [7, 11) is 0. The molecule has 0 aliphatic carbocycles. The lowest BCUT2D eigenvalue weighted by Gasteiger charge is -2.25. The van der Waals surface area contributed by atoms with Gasteiger partial charge in [0.1, 0.15) is 12.4 Å². The first-order chi connectivity index (χ1) is 11.4. The molecule has 4 nitrogen and oxygen atoms in total. The lowest BCUT2D eigenvalue weighted by molar-refractivity contribution is 0.0437. The SMILES string of the molecule is CCCOc1cc(C)c(C(=O)OCCN2C(C)CCC2C)c(C)c1. The van der Waals surface area contributed by atoms with Gasteiger partial charge in [-0.3, -0.25) is 4.90 Å². The van der Waals surface area contributed by atoms with Gasteiger partial charge >= 0.3 is 5.97 Å². The molecule has 4 heteroatoms. The smallest absolute Gasteiger partial charge is 0.338 e. The van der Waals surface area contributed by atoms with Crippen LogP contribution < -0.4 is 4.74 Å². The molecule has 0 N–H and O–H groups in total. The molecule has 1 aliphatic heterocycles. The topological polar surface area (TPSA) is 38.8 Å². The van der Waals surface area contributed by atoms with Gasteiger partial charge in [-0.2, -0.15) is 0 Å². The van der Waals surface area contributed by atoms with Gasteiger partial charge in [0.25, 0.3) is 0 Å². The van der Waals surface area contributed by atoms with Crippen molar-refractivity contribution < 1.29 is 14.3 Å². The molecule has 24 heavy (non-hydrogen) atoms. The Hall–Kier alpha value is -1.55. The van der Waals surface area contributed by atoms with Gasteiger partial charge in [0.05, 0.1) is 12.2 Å². The molecule has 0 bridgehead atoms. The molecule has 0 aromatic heterocycles. The minimum absolute atomic E-state index is 0.230. The van der Waals surface area contributed by atoms with E-state index in [0.29, 0.717) is 30.9 Å². The van der Waals surface area contributed by atoms with Crippen molar-refractivity contribution in [1.82, 2.24) is 4.90 Å². The largest absolute Gasteiger partial charge is 0.494 e. The first kappa shape index (κ1) is 18.8. The van der Waals surface area contributed by atoms with Crippen LogP contribution in [0.3, 0.4) is 0 Å². The molecule has 0 spiro atoms. The first-order valence-electron chi connectivity index (χ1n) is 9.11. The molecular formula is C20H31NO3. The number of aryl methyl sites for hydroxylation is 2. The summed E-state index contributed by atoms with van der Waals surface area (Å²) in [5.74, 6) is 0.592. The first-order valence-corrected chi connectivity index (χ1v) is 9.11. The van der Waals surface area contributed by atoms with Gasteiger partial charge in [-0.25, -0.2) is 4.79 Å². The predicted molar refractivity (Wildman–Crippen MR) is 96.8 cm³/mol. The van der Waals surface area contributed by atoms with Crippen LogP contribution in [0.25, 0.3) is 0 Å². The Bertz CT molecular complexity index is 537. The lowest BCUT2D eigenvalue weighted by atomic mass is 10.0. The number of carbonyl (C=O) groups excluding carboxylic acids is 1. The van der Waals surface area contributed by atoms with E-state index in [9.17, 15) is 4.79 Å². The Morgan fingerprint density at radius 1 is 1.12 bits per heavy atom. The monoisotopic (exact) mass is 333 g/mol. The number of carbonyl (C=O) groups is 1. The molecule has 2 atom stereocenters. The molecule has 1 aromatic carbocycles. The third kappa shape index (κ3) is 4.50. The van der Waals surface area contributed by atoms with Crippen molar-refractivity contribution in [2.45, 2.75) is 66.0 Å². The number of hydrogen-bond acceptors (Lipinski definition) is 4. The maximum Gasteiger partial charge on any atom is 0.338 e. The maximum absolute atomic E-state index is 12.5. The molecule has 134 valence electrons. The van der Waals surface area contributed by atoms with Crippen LogP contribution in [-0.4, -0.2) is 42.7 Å². The third-order valence-corrected chi connectivity index (χ3v) is 4.90. The Balaban J connectivity index is 1.94. The van der Waals surface area contributed by atoms with Gasteiger partial charge in [-0.05, 0) is 70.2 Å². The van der Waals surface area contributed by atoms with Crippen molar-refractivity contribution in [3.05, 3.63) is 28.8 Å². The molecule has 0 radical (unpaired) electrons. The lowest BCUT2D eigenvalue weighted by Crippen LogP contribution is -2.36. The van der Waals surface area contributed by atoms with E-state index in [1.807, 2.05) is 26.0 Å². The highest BCUT2D eigenvalue weighted by Gasteiger charge is 2.27. The highest BCUT2D eigenvalue weighted by Crippen LogP contribution is 2.24. The second-order valence-corrected chi connectivity index (χ2v) is 6.93. The average Bonchev–Trinajstić information content (AvgIpc) is 2.84. The fraction of sp³-hybridized carbons (Fsp3) is 0.650. The fourth-order valence-electron chi connectivity index (χ4n) is 3.55. The summed E-state index contributed by atoms with van der Waals surface area (Å²) in [6.07, 6.45) is 3.42. The summed E-state index contributed by atoms with van der Waals surface area (Å²) in [4.78, 5) is 14.9. The summed E-state index contributed by atoms with van der Waals surface area (Å²) in [6, 6.07) is 5.00. The predicted octanol–water partition coefficient (Wildman–Crippen LogP) is 4.12. The zero-order valence-corrected chi connectivity index (χ0v) is 15.7. The van der Waals surface area contributed by atoms with Crippen molar-refractivity contribution in [2.24, 2.45) is 0 Å². The summed E-state index contributed by atoms with van der Waals surface area (Å²) >= 11 is 0. The number of rotatable bonds is 7. The molecule has 2 rings (SSSR count). The Kier molecular flexibility index (Phi) is 6.67. The fourth-order valence-corrected chi connectivity index (χ4v) is 3.55. The van der Waals surface area contributed by atoms with Crippen LogP contribution in [0.2, 0.25) is 0 Å². The van der Waals surface area contributed by atoms with Crippen LogP contribution in [0, 0.1) is 13.8 Å². The quantitative estimate of drug-likeness (QED) is 0.704. The zero-order chi connectivity index (χ0) is 17.7. The second-order valence-electron chi connectivity index (χ2n) is 6.93. The normalized spacial score (nSPS) is 21.0. The minimum atomic E-state index is -0.230. The van der Waals surface area contributed by atoms with E-state index in [0.717, 1.165) is 29.8 Å². The van der Waals surface area contributed by atoms with Crippen LogP contribution in [0.4, 0.5) is 0 Å². The number of ether oxygens (including phenoxy) is 2. The molecular weight excluding hydrogens is 302 g/mol. The Morgan fingerprint density at radius 3 is 2.25 bits per heavy atom. The molecule has 0 amide bonds. The zero-order valence-electron chi connectivity index (χ0n) is 15.7. The van der Waals surface area contributed by atoms with Crippen molar-refractivity contribution in [1.29, 1.82) is 0 Å². The van der Waals surface area contributed by atoms with Gasteiger partial charge in [0.15, 0.2) is 0 Å². The summed E-state index contributed by atoms with van der Waals surface area (Å²) in [5.41, 5.74) is 2.49. The van der Waals surface area contributed by atoms with Crippen LogP contribution in [0.5, 0.6) is 5.75 Å². The number of likely N-dealkylation sites (tertiary alicyclic amines) is 1. The third-order valence-electron chi connectivity index (χ3n) is 4.90. The minimum Gasteiger partial charge on any atom is -0.494 e. The molecule has 1 saturated heterocycles. The molecule has 1 heterocycles. The maximum atomic E-state index is 12.5. The van der Waals surface area contributed by atoms with Crippen molar-refractivity contribution >= 4 is 5.97 Å². The van der Waals surface area contributed by atoms with Crippen molar-refractivity contribution in [3.63, 3.8) is 0 Å². The van der Waals surface area contributed by atoms with Crippen LogP contribution in [0.15, 0.2) is 12.1 Å². The van der Waals surface area contributed by atoms with Gasteiger partial charge in [0, 0.05) is 18.6 Å².